The van der Waals surface area contributed by atoms with E-state index in [0.29, 0.717) is 23.2 Å². The molecule has 0 radical (unpaired) electrons. The van der Waals surface area contributed by atoms with Gasteiger partial charge in [0.2, 0.25) is 17.6 Å². The van der Waals surface area contributed by atoms with Gasteiger partial charge in [-0.3, -0.25) is 4.79 Å². The first-order valence-corrected chi connectivity index (χ1v) is 8.16. The fourth-order valence-electron chi connectivity index (χ4n) is 2.10. The third kappa shape index (κ3) is 3.78. The molecule has 23 heavy (non-hydrogen) atoms. The summed E-state index contributed by atoms with van der Waals surface area (Å²) in [6.45, 7) is 3.69. The van der Waals surface area contributed by atoms with E-state index in [2.05, 4.69) is 15.5 Å². The minimum Gasteiger partial charge on any atom is -0.339 e. The predicted molar refractivity (Wildman–Crippen MR) is 90.9 cm³/mol. The van der Waals surface area contributed by atoms with Crippen LogP contribution in [0.2, 0.25) is 5.02 Å². The Kier molecular flexibility index (Phi) is 4.45. The maximum Gasteiger partial charge on any atom is 0.228 e. The maximum atomic E-state index is 12.2. The Morgan fingerprint density at radius 2 is 2.04 bits per heavy atom. The van der Waals surface area contributed by atoms with Gasteiger partial charge in [0, 0.05) is 16.8 Å². The fourth-order valence-corrected chi connectivity index (χ4v) is 3.12. The summed E-state index contributed by atoms with van der Waals surface area (Å²) in [6.07, 6.45) is 0.295. The number of nitrogens with zero attached hydrogens (tertiary/aromatic N) is 2. The molecule has 2 heterocycles. The van der Waals surface area contributed by atoms with E-state index in [4.69, 9.17) is 16.1 Å². The first-order valence-electron chi connectivity index (χ1n) is 6.96. The summed E-state index contributed by atoms with van der Waals surface area (Å²) in [6, 6.07) is 9.10. The molecule has 0 bridgehead atoms. The van der Waals surface area contributed by atoms with Crippen LogP contribution in [0, 0.1) is 13.8 Å². The highest BCUT2D eigenvalue weighted by molar-refractivity contribution is 7.16. The van der Waals surface area contributed by atoms with Gasteiger partial charge in [-0.2, -0.15) is 4.98 Å². The van der Waals surface area contributed by atoms with Crippen LogP contribution >= 0.6 is 22.9 Å². The van der Waals surface area contributed by atoms with Crippen LogP contribution in [0.25, 0.3) is 10.7 Å². The molecule has 0 fully saturated rings. The monoisotopic (exact) mass is 347 g/mol. The van der Waals surface area contributed by atoms with Crippen molar-refractivity contribution in [3.63, 3.8) is 0 Å². The molecule has 0 spiro atoms. The molecule has 0 saturated carbocycles. The highest BCUT2D eigenvalue weighted by Crippen LogP contribution is 2.32. The van der Waals surface area contributed by atoms with Crippen molar-refractivity contribution in [3.05, 3.63) is 51.7 Å². The smallest absolute Gasteiger partial charge is 0.228 e. The number of nitrogens with one attached hydrogen (secondary N) is 1. The Balaban J connectivity index is 1.71. The molecule has 0 aliphatic carbocycles. The van der Waals surface area contributed by atoms with Gasteiger partial charge in [0.15, 0.2) is 0 Å². The SMILES string of the molecule is Cc1nc(-c2cc(NC(=O)Cc3ccc(Cl)cc3)c(C)s2)no1. The molecule has 0 unspecified atom stereocenters. The van der Waals surface area contributed by atoms with Crippen LogP contribution < -0.4 is 5.32 Å². The highest BCUT2D eigenvalue weighted by Gasteiger charge is 2.14. The summed E-state index contributed by atoms with van der Waals surface area (Å²) in [5.41, 5.74) is 1.68. The largest absolute Gasteiger partial charge is 0.339 e. The van der Waals surface area contributed by atoms with Crippen molar-refractivity contribution in [1.82, 2.24) is 10.1 Å². The van der Waals surface area contributed by atoms with Crippen molar-refractivity contribution in [1.29, 1.82) is 0 Å². The average molecular weight is 348 g/mol. The predicted octanol–water partition coefficient (Wildman–Crippen LogP) is 4.25. The quantitative estimate of drug-likeness (QED) is 0.766. The molecule has 1 amide bonds. The van der Waals surface area contributed by atoms with Gasteiger partial charge in [-0.1, -0.05) is 28.9 Å². The number of halogens is 1. The van der Waals surface area contributed by atoms with Crippen molar-refractivity contribution < 1.29 is 9.32 Å². The standard InChI is InChI=1S/C16H14ClN3O2S/c1-9-13(8-14(23-9)16-18-10(2)22-20-16)19-15(21)7-11-3-5-12(17)6-4-11/h3-6,8H,7H2,1-2H3,(H,19,21). The first kappa shape index (κ1) is 15.7. The Morgan fingerprint density at radius 3 is 2.70 bits per heavy atom. The zero-order valence-corrected chi connectivity index (χ0v) is 14.2. The summed E-state index contributed by atoms with van der Waals surface area (Å²) in [5.74, 6) is 0.970. The van der Waals surface area contributed by atoms with E-state index in [9.17, 15) is 4.79 Å². The third-order valence-electron chi connectivity index (χ3n) is 3.22. The van der Waals surface area contributed by atoms with E-state index < -0.39 is 0 Å². The van der Waals surface area contributed by atoms with Crippen molar-refractivity contribution in [3.8, 4) is 10.7 Å². The minimum atomic E-state index is -0.0796. The lowest BCUT2D eigenvalue weighted by Gasteiger charge is -2.04. The van der Waals surface area contributed by atoms with Gasteiger partial charge in [-0.25, -0.2) is 0 Å². The molecule has 1 N–H and O–H groups in total. The lowest BCUT2D eigenvalue weighted by atomic mass is 10.1. The number of carbonyl (C=O) groups is 1. The average Bonchev–Trinajstić information content (AvgIpc) is 3.08. The van der Waals surface area contributed by atoms with Gasteiger partial charge >= 0.3 is 0 Å². The number of benzene rings is 1. The van der Waals surface area contributed by atoms with Crippen LogP contribution in [-0.2, 0) is 11.2 Å². The third-order valence-corrected chi connectivity index (χ3v) is 4.52. The molecule has 5 nitrogen and oxygen atoms in total. The van der Waals surface area contributed by atoms with E-state index in [0.717, 1.165) is 21.0 Å². The molecular formula is C16H14ClN3O2S. The summed E-state index contributed by atoms with van der Waals surface area (Å²) < 4.78 is 4.99. The summed E-state index contributed by atoms with van der Waals surface area (Å²) in [4.78, 5) is 18.2. The van der Waals surface area contributed by atoms with Crippen LogP contribution in [0.4, 0.5) is 5.69 Å². The second-order valence-corrected chi connectivity index (χ2v) is 6.76. The lowest BCUT2D eigenvalue weighted by molar-refractivity contribution is -0.115. The summed E-state index contributed by atoms with van der Waals surface area (Å²) >= 11 is 7.36. The van der Waals surface area contributed by atoms with Crippen LogP contribution in [0.5, 0.6) is 0 Å². The van der Waals surface area contributed by atoms with Gasteiger partial charge in [-0.15, -0.1) is 11.3 Å². The highest BCUT2D eigenvalue weighted by atomic mass is 35.5. The molecular weight excluding hydrogens is 334 g/mol. The molecule has 0 aliphatic rings. The number of carbonyl (C=O) groups excluding carboxylic acids is 1. The second kappa shape index (κ2) is 6.52. The molecule has 1 aromatic carbocycles. The number of aromatic nitrogens is 2. The first-order chi connectivity index (χ1) is 11.0. The zero-order chi connectivity index (χ0) is 16.4. The number of aryl methyl sites for hydroxylation is 2. The second-order valence-electron chi connectivity index (χ2n) is 5.07. The lowest BCUT2D eigenvalue weighted by Crippen LogP contribution is -2.14. The van der Waals surface area contributed by atoms with Gasteiger partial charge in [0.25, 0.3) is 0 Å². The van der Waals surface area contributed by atoms with Crippen molar-refractivity contribution in [2.24, 2.45) is 0 Å². The molecule has 3 rings (SSSR count). The Hall–Kier alpha value is -2.18. The number of rotatable bonds is 4. The number of anilines is 1. The summed E-state index contributed by atoms with van der Waals surface area (Å²) in [5, 5.41) is 7.47. The number of thiophene rings is 1. The van der Waals surface area contributed by atoms with Crippen molar-refractivity contribution in [2.45, 2.75) is 20.3 Å². The minimum absolute atomic E-state index is 0.0796. The molecule has 3 aromatic rings. The Labute approximate surface area is 142 Å². The van der Waals surface area contributed by atoms with E-state index in [-0.39, 0.29) is 5.91 Å². The topological polar surface area (TPSA) is 68.0 Å². The molecule has 0 aliphatic heterocycles. The van der Waals surface area contributed by atoms with Crippen LogP contribution in [0.3, 0.4) is 0 Å². The fraction of sp³-hybridized carbons (Fsp3) is 0.188. The number of hydrogen-bond acceptors (Lipinski definition) is 5. The maximum absolute atomic E-state index is 12.2. The number of hydrogen-bond donors (Lipinski definition) is 1. The van der Waals surface area contributed by atoms with E-state index in [1.165, 1.54) is 11.3 Å². The van der Waals surface area contributed by atoms with Gasteiger partial charge in [0.05, 0.1) is 17.0 Å². The van der Waals surface area contributed by atoms with E-state index in [1.54, 1.807) is 19.1 Å². The van der Waals surface area contributed by atoms with Crippen LogP contribution in [-0.4, -0.2) is 16.0 Å². The van der Waals surface area contributed by atoms with E-state index >= 15 is 0 Å². The normalized spacial score (nSPS) is 10.7. The van der Waals surface area contributed by atoms with Gasteiger partial charge in [0.1, 0.15) is 0 Å². The van der Waals surface area contributed by atoms with Crippen molar-refractivity contribution >= 4 is 34.5 Å². The Morgan fingerprint density at radius 1 is 1.30 bits per heavy atom. The van der Waals surface area contributed by atoms with Gasteiger partial charge < -0.3 is 9.84 Å². The molecule has 0 saturated heterocycles. The molecule has 0 atom stereocenters. The summed E-state index contributed by atoms with van der Waals surface area (Å²) in [7, 11) is 0. The zero-order valence-electron chi connectivity index (χ0n) is 12.6. The van der Waals surface area contributed by atoms with Gasteiger partial charge in [-0.05, 0) is 30.7 Å². The van der Waals surface area contributed by atoms with E-state index in [1.807, 2.05) is 25.1 Å². The Bertz CT molecular complexity index is 839. The molecule has 118 valence electrons. The number of amides is 1. The van der Waals surface area contributed by atoms with Crippen LogP contribution in [0.1, 0.15) is 16.3 Å². The van der Waals surface area contributed by atoms with Crippen molar-refractivity contribution in [2.75, 3.05) is 5.32 Å². The van der Waals surface area contributed by atoms with Crippen LogP contribution in [0.15, 0.2) is 34.9 Å². The molecule has 2 aromatic heterocycles. The molecule has 7 heteroatoms.